The smallest absolute Gasteiger partial charge is 0.258 e. The molecule has 4 N–H and O–H groups in total. The van der Waals surface area contributed by atoms with Crippen LogP contribution in [0.15, 0.2) is 53.3 Å². The largest absolute Gasteiger partial charge is 0.326 e. The van der Waals surface area contributed by atoms with Gasteiger partial charge in [0, 0.05) is 22.8 Å². The first kappa shape index (κ1) is 19.7. The van der Waals surface area contributed by atoms with E-state index in [2.05, 4.69) is 25.9 Å². The van der Waals surface area contributed by atoms with Gasteiger partial charge in [0.05, 0.1) is 11.5 Å². The molecule has 9 heteroatoms. The molecule has 0 saturated heterocycles. The van der Waals surface area contributed by atoms with Crippen molar-refractivity contribution in [3.63, 3.8) is 0 Å². The maximum atomic E-state index is 12.8. The minimum atomic E-state index is -0.975. The van der Waals surface area contributed by atoms with Gasteiger partial charge in [-0.3, -0.25) is 19.4 Å². The van der Waals surface area contributed by atoms with Crippen molar-refractivity contribution in [2.75, 3.05) is 16.0 Å². The van der Waals surface area contributed by atoms with E-state index in [9.17, 15) is 14.4 Å². The first-order chi connectivity index (χ1) is 14.4. The number of aromatic nitrogens is 2. The van der Waals surface area contributed by atoms with Crippen molar-refractivity contribution < 1.29 is 9.59 Å². The Morgan fingerprint density at radius 2 is 1.90 bits per heavy atom. The minimum Gasteiger partial charge on any atom is -0.326 e. The third-order valence-corrected chi connectivity index (χ3v) is 4.91. The highest BCUT2D eigenvalue weighted by Gasteiger charge is 2.34. The number of H-pyrrole nitrogens is 1. The van der Waals surface area contributed by atoms with E-state index in [0.717, 1.165) is 11.3 Å². The molecule has 4 rings (SSSR count). The van der Waals surface area contributed by atoms with Crippen molar-refractivity contribution >= 4 is 46.6 Å². The standard InChI is InChI=1S/C21H18ClN5O3/c1-11-5-7-13(8-6-11)24-21-26-18-17(20(30)27-21)15(10-16(28)25-18)19(29)23-14-4-2-3-12(22)9-14/h2-9,15H,10H2,1H3,(H,23,29)(H3,24,25,26,27,28,30)/t15-/m1/s1. The topological polar surface area (TPSA) is 116 Å². The van der Waals surface area contributed by atoms with Crippen molar-refractivity contribution in [3.05, 3.63) is 75.0 Å². The van der Waals surface area contributed by atoms with Gasteiger partial charge in [0.25, 0.3) is 5.56 Å². The van der Waals surface area contributed by atoms with Gasteiger partial charge in [-0.05, 0) is 37.3 Å². The average molecular weight is 424 g/mol. The summed E-state index contributed by atoms with van der Waals surface area (Å²) in [4.78, 5) is 44.7. The van der Waals surface area contributed by atoms with Gasteiger partial charge in [-0.2, -0.15) is 4.98 Å². The van der Waals surface area contributed by atoms with Crippen molar-refractivity contribution in [3.8, 4) is 0 Å². The highest BCUT2D eigenvalue weighted by atomic mass is 35.5. The highest BCUT2D eigenvalue weighted by Crippen LogP contribution is 2.30. The van der Waals surface area contributed by atoms with Crippen LogP contribution in [0.2, 0.25) is 5.02 Å². The molecular formula is C21H18ClN5O3. The average Bonchev–Trinajstić information content (AvgIpc) is 2.69. The predicted octanol–water partition coefficient (Wildman–Crippen LogP) is 3.54. The van der Waals surface area contributed by atoms with E-state index in [1.807, 2.05) is 31.2 Å². The molecular weight excluding hydrogens is 406 g/mol. The number of halogens is 1. The molecule has 1 aromatic heterocycles. The fourth-order valence-corrected chi connectivity index (χ4v) is 3.41. The van der Waals surface area contributed by atoms with Crippen LogP contribution in [0.4, 0.5) is 23.1 Å². The summed E-state index contributed by atoms with van der Waals surface area (Å²) in [6, 6.07) is 14.1. The summed E-state index contributed by atoms with van der Waals surface area (Å²) in [5, 5.41) is 8.74. The van der Waals surface area contributed by atoms with Crippen LogP contribution in [0.1, 0.15) is 23.5 Å². The Hall–Kier alpha value is -3.65. The van der Waals surface area contributed by atoms with E-state index in [4.69, 9.17) is 11.6 Å². The number of hydrogen-bond donors (Lipinski definition) is 4. The molecule has 2 aromatic carbocycles. The Kier molecular flexibility index (Phi) is 5.24. The van der Waals surface area contributed by atoms with Crippen molar-refractivity contribution in [2.45, 2.75) is 19.3 Å². The van der Waals surface area contributed by atoms with Gasteiger partial charge in [0.2, 0.25) is 17.8 Å². The van der Waals surface area contributed by atoms with Crippen LogP contribution in [0, 0.1) is 6.92 Å². The Bertz CT molecular complexity index is 1190. The zero-order valence-electron chi connectivity index (χ0n) is 16.0. The fourth-order valence-electron chi connectivity index (χ4n) is 3.22. The molecule has 0 aliphatic carbocycles. The molecule has 0 fully saturated rings. The summed E-state index contributed by atoms with van der Waals surface area (Å²) >= 11 is 5.95. The molecule has 0 spiro atoms. The van der Waals surface area contributed by atoms with Gasteiger partial charge in [0.1, 0.15) is 5.82 Å². The van der Waals surface area contributed by atoms with E-state index in [-0.39, 0.29) is 23.8 Å². The molecule has 3 aromatic rings. The number of amides is 2. The Balaban J connectivity index is 1.63. The number of anilines is 4. The number of aromatic amines is 1. The van der Waals surface area contributed by atoms with Crippen LogP contribution in [0.25, 0.3) is 0 Å². The zero-order valence-corrected chi connectivity index (χ0v) is 16.7. The number of hydrogen-bond acceptors (Lipinski definition) is 5. The van der Waals surface area contributed by atoms with Gasteiger partial charge in [-0.1, -0.05) is 35.4 Å². The molecule has 8 nitrogen and oxygen atoms in total. The summed E-state index contributed by atoms with van der Waals surface area (Å²) < 4.78 is 0. The van der Waals surface area contributed by atoms with Gasteiger partial charge in [0.15, 0.2) is 0 Å². The molecule has 152 valence electrons. The molecule has 2 heterocycles. The van der Waals surface area contributed by atoms with Crippen LogP contribution in [0.3, 0.4) is 0 Å². The van der Waals surface area contributed by atoms with E-state index < -0.39 is 23.3 Å². The molecule has 0 radical (unpaired) electrons. The van der Waals surface area contributed by atoms with E-state index in [0.29, 0.717) is 10.7 Å². The normalized spacial score (nSPS) is 15.1. The maximum Gasteiger partial charge on any atom is 0.258 e. The molecule has 30 heavy (non-hydrogen) atoms. The van der Waals surface area contributed by atoms with Gasteiger partial charge < -0.3 is 16.0 Å². The van der Waals surface area contributed by atoms with E-state index >= 15 is 0 Å². The van der Waals surface area contributed by atoms with Crippen molar-refractivity contribution in [1.29, 1.82) is 0 Å². The third-order valence-electron chi connectivity index (χ3n) is 4.67. The number of carbonyl (C=O) groups excluding carboxylic acids is 2. The van der Waals surface area contributed by atoms with E-state index in [1.165, 1.54) is 0 Å². The van der Waals surface area contributed by atoms with Crippen LogP contribution < -0.4 is 21.5 Å². The maximum absolute atomic E-state index is 12.8. The Morgan fingerprint density at radius 3 is 2.63 bits per heavy atom. The number of nitrogens with zero attached hydrogens (tertiary/aromatic N) is 1. The SMILES string of the molecule is Cc1ccc(Nc2nc3c(c(=O)[nH]2)[C@H](C(=O)Nc2cccc(Cl)c2)CC(=O)N3)cc1. The Morgan fingerprint density at radius 1 is 1.13 bits per heavy atom. The number of benzene rings is 2. The lowest BCUT2D eigenvalue weighted by atomic mass is 9.92. The number of aryl methyl sites for hydroxylation is 1. The second kappa shape index (κ2) is 8.00. The first-order valence-electron chi connectivity index (χ1n) is 9.23. The summed E-state index contributed by atoms with van der Waals surface area (Å²) in [7, 11) is 0. The fraction of sp³-hybridized carbons (Fsp3) is 0.143. The summed E-state index contributed by atoms with van der Waals surface area (Å²) in [6.45, 7) is 1.97. The number of nitrogens with one attached hydrogen (secondary N) is 4. The number of fused-ring (bicyclic) bond motifs is 1. The van der Waals surface area contributed by atoms with Crippen LogP contribution >= 0.6 is 11.6 Å². The van der Waals surface area contributed by atoms with Gasteiger partial charge >= 0.3 is 0 Å². The van der Waals surface area contributed by atoms with Crippen LogP contribution in [-0.4, -0.2) is 21.8 Å². The van der Waals surface area contributed by atoms with Crippen LogP contribution in [-0.2, 0) is 9.59 Å². The van der Waals surface area contributed by atoms with Crippen LogP contribution in [0.5, 0.6) is 0 Å². The van der Waals surface area contributed by atoms with E-state index in [1.54, 1.807) is 24.3 Å². The van der Waals surface area contributed by atoms with Crippen molar-refractivity contribution in [2.24, 2.45) is 0 Å². The lowest BCUT2D eigenvalue weighted by Gasteiger charge is -2.23. The predicted molar refractivity (Wildman–Crippen MR) is 115 cm³/mol. The van der Waals surface area contributed by atoms with Gasteiger partial charge in [-0.15, -0.1) is 0 Å². The molecule has 0 bridgehead atoms. The molecule has 1 atom stereocenters. The quantitative estimate of drug-likeness (QED) is 0.512. The van der Waals surface area contributed by atoms with Crippen molar-refractivity contribution in [1.82, 2.24) is 9.97 Å². The Labute approximate surface area is 176 Å². The second-order valence-electron chi connectivity index (χ2n) is 6.97. The molecule has 0 saturated carbocycles. The summed E-state index contributed by atoms with van der Waals surface area (Å²) in [6.07, 6.45) is -0.158. The molecule has 0 unspecified atom stereocenters. The molecule has 1 aliphatic heterocycles. The lowest BCUT2D eigenvalue weighted by molar-refractivity contribution is -0.123. The molecule has 1 aliphatic rings. The van der Waals surface area contributed by atoms with Gasteiger partial charge in [-0.25, -0.2) is 0 Å². The molecule has 2 amide bonds. The zero-order chi connectivity index (χ0) is 21.3. The first-order valence-corrected chi connectivity index (χ1v) is 9.61. The summed E-state index contributed by atoms with van der Waals surface area (Å²) in [5.41, 5.74) is 1.90. The minimum absolute atomic E-state index is 0.0656. The summed E-state index contributed by atoms with van der Waals surface area (Å²) in [5.74, 6) is -1.62. The highest BCUT2D eigenvalue weighted by molar-refractivity contribution is 6.30. The second-order valence-corrected chi connectivity index (χ2v) is 7.41. The number of carbonyl (C=O) groups is 2. The lowest BCUT2D eigenvalue weighted by Crippen LogP contribution is -2.36. The third kappa shape index (κ3) is 4.18. The number of rotatable bonds is 4. The monoisotopic (exact) mass is 423 g/mol.